The fraction of sp³-hybridized carbons (Fsp3) is 0.500. The van der Waals surface area contributed by atoms with Gasteiger partial charge in [-0.2, -0.15) is 0 Å². The maximum absolute atomic E-state index is 12.3. The van der Waals surface area contributed by atoms with E-state index in [0.29, 0.717) is 19.0 Å². The van der Waals surface area contributed by atoms with E-state index in [1.165, 1.54) is 23.8 Å². The van der Waals surface area contributed by atoms with E-state index in [9.17, 15) is 9.59 Å². The number of para-hydroxylation sites is 1. The van der Waals surface area contributed by atoms with Gasteiger partial charge in [0.2, 0.25) is 11.8 Å². The van der Waals surface area contributed by atoms with Gasteiger partial charge in [-0.05, 0) is 37.3 Å². The fourth-order valence-electron chi connectivity index (χ4n) is 3.94. The highest BCUT2D eigenvalue weighted by Crippen LogP contribution is 2.39. The van der Waals surface area contributed by atoms with Crippen molar-refractivity contribution in [3.8, 4) is 0 Å². The van der Waals surface area contributed by atoms with Crippen molar-refractivity contribution in [2.24, 2.45) is 11.8 Å². The normalized spacial score (nSPS) is 22.9. The van der Waals surface area contributed by atoms with Crippen LogP contribution in [0.4, 0.5) is 0 Å². The molecule has 2 unspecified atom stereocenters. The first-order chi connectivity index (χ1) is 12.2. The number of carbonyl (C=O) groups is 2. The number of nitrogens with one attached hydrogen (secondary N) is 3. The van der Waals surface area contributed by atoms with Crippen LogP contribution in [0, 0.1) is 11.8 Å². The molecular formula is C20H25N3O2. The highest BCUT2D eigenvalue weighted by molar-refractivity contribution is 5.92. The molecule has 0 saturated heterocycles. The summed E-state index contributed by atoms with van der Waals surface area (Å²) in [5.74, 6) is -0.159. The lowest BCUT2D eigenvalue weighted by Gasteiger charge is -2.11. The Morgan fingerprint density at radius 2 is 1.84 bits per heavy atom. The maximum Gasteiger partial charge on any atom is 0.224 e. The predicted molar refractivity (Wildman–Crippen MR) is 97.0 cm³/mol. The zero-order valence-corrected chi connectivity index (χ0v) is 14.4. The van der Waals surface area contributed by atoms with Crippen LogP contribution in [0.2, 0.25) is 0 Å². The minimum Gasteiger partial charge on any atom is -0.361 e. The maximum atomic E-state index is 12.3. The lowest BCUT2D eigenvalue weighted by molar-refractivity contribution is -0.127. The second-order valence-electron chi connectivity index (χ2n) is 7.34. The average Bonchev–Trinajstić information content (AvgIpc) is 3.08. The number of aromatic amines is 1. The van der Waals surface area contributed by atoms with Gasteiger partial charge in [-0.15, -0.1) is 0 Å². The van der Waals surface area contributed by atoms with E-state index in [1.807, 2.05) is 18.3 Å². The van der Waals surface area contributed by atoms with E-state index >= 15 is 0 Å². The number of fused-ring (bicyclic) bond motifs is 1. The number of H-pyrrole nitrogens is 1. The van der Waals surface area contributed by atoms with Crippen LogP contribution in [0.3, 0.4) is 0 Å². The summed E-state index contributed by atoms with van der Waals surface area (Å²) >= 11 is 0. The van der Waals surface area contributed by atoms with Gasteiger partial charge in [-0.25, -0.2) is 0 Å². The predicted octanol–water partition coefficient (Wildman–Crippen LogP) is 2.52. The van der Waals surface area contributed by atoms with Crippen molar-refractivity contribution in [3.63, 3.8) is 0 Å². The van der Waals surface area contributed by atoms with Crippen molar-refractivity contribution in [1.82, 2.24) is 15.6 Å². The molecule has 25 heavy (non-hydrogen) atoms. The van der Waals surface area contributed by atoms with Gasteiger partial charge in [0.15, 0.2) is 0 Å². The minimum atomic E-state index is -0.135. The molecular weight excluding hydrogens is 314 g/mol. The number of hydrogen-bond donors (Lipinski definition) is 3. The quantitative estimate of drug-likeness (QED) is 0.756. The molecule has 2 aliphatic rings. The van der Waals surface area contributed by atoms with E-state index < -0.39 is 0 Å². The smallest absolute Gasteiger partial charge is 0.224 e. The number of rotatable bonds is 6. The molecule has 0 bridgehead atoms. The van der Waals surface area contributed by atoms with E-state index in [4.69, 9.17) is 0 Å². The van der Waals surface area contributed by atoms with Crippen LogP contribution in [0.5, 0.6) is 0 Å². The van der Waals surface area contributed by atoms with Crippen molar-refractivity contribution < 1.29 is 9.59 Å². The lowest BCUT2D eigenvalue weighted by atomic mass is 10.1. The van der Waals surface area contributed by atoms with Crippen molar-refractivity contribution in [3.05, 3.63) is 36.0 Å². The van der Waals surface area contributed by atoms with Gasteiger partial charge in [0, 0.05) is 29.7 Å². The topological polar surface area (TPSA) is 74.0 Å². The lowest BCUT2D eigenvalue weighted by Crippen LogP contribution is -2.35. The number of aromatic nitrogens is 1. The van der Waals surface area contributed by atoms with Crippen LogP contribution in [-0.2, 0) is 16.0 Å². The largest absolute Gasteiger partial charge is 0.361 e. The molecule has 3 N–H and O–H groups in total. The fourth-order valence-corrected chi connectivity index (χ4v) is 3.94. The molecule has 2 fully saturated rings. The molecule has 0 aliphatic heterocycles. The first-order valence-electron chi connectivity index (χ1n) is 9.35. The molecule has 2 atom stereocenters. The molecule has 2 saturated carbocycles. The third-order valence-electron chi connectivity index (χ3n) is 5.53. The molecule has 2 aromatic rings. The number of amides is 2. The first kappa shape index (κ1) is 16.2. The van der Waals surface area contributed by atoms with Crippen molar-refractivity contribution in [1.29, 1.82) is 0 Å². The summed E-state index contributed by atoms with van der Waals surface area (Å²) in [5.41, 5.74) is 2.33. The Labute approximate surface area is 147 Å². The van der Waals surface area contributed by atoms with Crippen molar-refractivity contribution in [2.45, 2.75) is 44.6 Å². The molecule has 1 heterocycles. The Bertz CT molecular complexity index is 776. The highest BCUT2D eigenvalue weighted by Gasteiger charge is 2.48. The van der Waals surface area contributed by atoms with E-state index in [1.54, 1.807) is 0 Å². The summed E-state index contributed by atoms with van der Waals surface area (Å²) in [6.07, 6.45) is 8.06. The Balaban J connectivity index is 1.22. The Morgan fingerprint density at radius 3 is 2.68 bits per heavy atom. The second-order valence-corrected chi connectivity index (χ2v) is 7.34. The number of benzene rings is 1. The molecule has 5 heteroatoms. The number of carbonyl (C=O) groups excluding carboxylic acids is 2. The molecule has 1 aromatic carbocycles. The molecule has 2 amide bonds. The minimum absolute atomic E-state index is 0.0198. The van der Waals surface area contributed by atoms with Crippen molar-refractivity contribution in [2.75, 3.05) is 6.54 Å². The third-order valence-corrected chi connectivity index (χ3v) is 5.53. The van der Waals surface area contributed by atoms with Crippen LogP contribution in [0.1, 0.15) is 37.7 Å². The van der Waals surface area contributed by atoms with Crippen LogP contribution in [-0.4, -0.2) is 29.4 Å². The molecule has 0 spiro atoms. The third kappa shape index (κ3) is 3.55. The van der Waals surface area contributed by atoms with Crippen molar-refractivity contribution >= 4 is 22.7 Å². The Morgan fingerprint density at radius 1 is 1.08 bits per heavy atom. The summed E-state index contributed by atoms with van der Waals surface area (Å²) in [5, 5.41) is 7.30. The molecule has 1 aromatic heterocycles. The Kier molecular flexibility index (Phi) is 4.47. The van der Waals surface area contributed by atoms with Gasteiger partial charge in [0.25, 0.3) is 0 Å². The highest BCUT2D eigenvalue weighted by atomic mass is 16.2. The van der Waals surface area contributed by atoms with E-state index in [-0.39, 0.29) is 23.7 Å². The van der Waals surface area contributed by atoms with Gasteiger partial charge >= 0.3 is 0 Å². The molecule has 4 rings (SSSR count). The number of hydrogen-bond acceptors (Lipinski definition) is 2. The van der Waals surface area contributed by atoms with Crippen LogP contribution >= 0.6 is 0 Å². The average molecular weight is 339 g/mol. The second kappa shape index (κ2) is 6.90. The van der Waals surface area contributed by atoms with Crippen LogP contribution in [0.25, 0.3) is 10.9 Å². The Hall–Kier alpha value is -2.30. The standard InChI is InChI=1S/C20H25N3O2/c24-19(16-11-17(16)20(25)23-14-5-1-2-6-14)21-10-9-13-12-22-18-8-4-3-7-15(13)18/h3-4,7-8,12,14,16-17,22H,1-2,5-6,9-11H2,(H,21,24)(H,23,25). The first-order valence-corrected chi connectivity index (χ1v) is 9.35. The zero-order chi connectivity index (χ0) is 17.2. The summed E-state index contributed by atoms with van der Waals surface area (Å²) < 4.78 is 0. The summed E-state index contributed by atoms with van der Waals surface area (Å²) in [6, 6.07) is 8.51. The summed E-state index contributed by atoms with van der Waals surface area (Å²) in [7, 11) is 0. The van der Waals surface area contributed by atoms with E-state index in [0.717, 1.165) is 24.8 Å². The monoisotopic (exact) mass is 339 g/mol. The van der Waals surface area contributed by atoms with Crippen LogP contribution in [0.15, 0.2) is 30.5 Å². The molecule has 132 valence electrons. The van der Waals surface area contributed by atoms with Gasteiger partial charge < -0.3 is 15.6 Å². The SMILES string of the molecule is O=C(NCCc1c[nH]c2ccccc12)C1CC1C(=O)NC1CCCC1. The summed E-state index contributed by atoms with van der Waals surface area (Å²) in [4.78, 5) is 27.7. The van der Waals surface area contributed by atoms with Gasteiger partial charge in [0.05, 0.1) is 11.8 Å². The van der Waals surface area contributed by atoms with Gasteiger partial charge in [-0.1, -0.05) is 31.0 Å². The zero-order valence-electron chi connectivity index (χ0n) is 14.4. The molecule has 2 aliphatic carbocycles. The van der Waals surface area contributed by atoms with Crippen LogP contribution < -0.4 is 10.6 Å². The summed E-state index contributed by atoms with van der Waals surface area (Å²) in [6.45, 7) is 0.605. The molecule has 5 nitrogen and oxygen atoms in total. The van der Waals surface area contributed by atoms with E-state index in [2.05, 4.69) is 27.8 Å². The molecule has 0 radical (unpaired) electrons. The van der Waals surface area contributed by atoms with Gasteiger partial charge in [0.1, 0.15) is 0 Å². The van der Waals surface area contributed by atoms with Gasteiger partial charge in [-0.3, -0.25) is 9.59 Å².